The summed E-state index contributed by atoms with van der Waals surface area (Å²) < 4.78 is 0. The van der Waals surface area contributed by atoms with Crippen molar-refractivity contribution in [1.82, 2.24) is 4.98 Å². The molecule has 5 heteroatoms. The highest BCUT2D eigenvalue weighted by molar-refractivity contribution is 6.04. The fourth-order valence-corrected chi connectivity index (χ4v) is 2.55. The topological polar surface area (TPSA) is 71.1 Å². The summed E-state index contributed by atoms with van der Waals surface area (Å²) >= 11 is 0. The number of rotatable bonds is 4. The average molecular weight is 345 g/mol. The molecule has 0 bridgehead atoms. The summed E-state index contributed by atoms with van der Waals surface area (Å²) in [6.45, 7) is 3.45. The van der Waals surface area contributed by atoms with Gasteiger partial charge in [0.25, 0.3) is 5.91 Å². The van der Waals surface area contributed by atoms with E-state index in [1.807, 2.05) is 43.3 Å². The van der Waals surface area contributed by atoms with Gasteiger partial charge < -0.3 is 10.6 Å². The van der Waals surface area contributed by atoms with E-state index in [1.165, 1.54) is 6.92 Å². The Balaban J connectivity index is 1.79. The second kappa shape index (κ2) is 7.61. The molecule has 0 saturated carbocycles. The van der Waals surface area contributed by atoms with Crippen LogP contribution in [0.2, 0.25) is 0 Å². The molecule has 0 aliphatic carbocycles. The monoisotopic (exact) mass is 345 g/mol. The number of hydrogen-bond acceptors (Lipinski definition) is 3. The first-order valence-electron chi connectivity index (χ1n) is 8.24. The lowest BCUT2D eigenvalue weighted by atomic mass is 10.1. The standard InChI is InChI=1S/C21H19N3O2/c1-14-5-11-18(12-6-14)24-21(26)17-9-7-16(8-10-17)20-19(23-15(2)25)4-3-13-22-20/h3-13H,1-2H3,(H,23,25)(H,24,26). The number of hydrogen-bond donors (Lipinski definition) is 2. The van der Waals surface area contributed by atoms with Crippen LogP contribution in [0.4, 0.5) is 11.4 Å². The molecule has 130 valence electrons. The number of carbonyl (C=O) groups excluding carboxylic acids is 2. The van der Waals surface area contributed by atoms with Crippen LogP contribution in [0.3, 0.4) is 0 Å². The van der Waals surface area contributed by atoms with Crippen molar-refractivity contribution in [3.63, 3.8) is 0 Å². The molecule has 0 aliphatic heterocycles. The van der Waals surface area contributed by atoms with E-state index >= 15 is 0 Å². The molecule has 26 heavy (non-hydrogen) atoms. The van der Waals surface area contributed by atoms with Crippen LogP contribution >= 0.6 is 0 Å². The SMILES string of the molecule is CC(=O)Nc1cccnc1-c1ccc(C(=O)Nc2ccc(C)cc2)cc1. The van der Waals surface area contributed by atoms with Crippen molar-refractivity contribution >= 4 is 23.2 Å². The number of benzene rings is 2. The molecule has 0 radical (unpaired) electrons. The van der Waals surface area contributed by atoms with Crippen molar-refractivity contribution in [2.24, 2.45) is 0 Å². The molecule has 0 unspecified atom stereocenters. The number of aromatic nitrogens is 1. The third kappa shape index (κ3) is 4.13. The summed E-state index contributed by atoms with van der Waals surface area (Å²) in [5, 5.41) is 5.64. The molecule has 0 saturated heterocycles. The molecule has 0 spiro atoms. The highest BCUT2D eigenvalue weighted by Gasteiger charge is 2.10. The van der Waals surface area contributed by atoms with Crippen LogP contribution < -0.4 is 10.6 Å². The summed E-state index contributed by atoms with van der Waals surface area (Å²) in [4.78, 5) is 28.1. The lowest BCUT2D eigenvalue weighted by Crippen LogP contribution is -2.11. The first-order valence-corrected chi connectivity index (χ1v) is 8.24. The van der Waals surface area contributed by atoms with Gasteiger partial charge in [0.1, 0.15) is 0 Å². The zero-order chi connectivity index (χ0) is 18.5. The van der Waals surface area contributed by atoms with Crippen LogP contribution in [0.25, 0.3) is 11.3 Å². The number of anilines is 2. The number of amides is 2. The van der Waals surface area contributed by atoms with Gasteiger partial charge in [0.2, 0.25) is 5.91 Å². The maximum Gasteiger partial charge on any atom is 0.255 e. The van der Waals surface area contributed by atoms with Gasteiger partial charge in [-0.05, 0) is 43.3 Å². The predicted molar refractivity (Wildman–Crippen MR) is 103 cm³/mol. The Kier molecular flexibility index (Phi) is 5.08. The fourth-order valence-electron chi connectivity index (χ4n) is 2.55. The Morgan fingerprint density at radius 1 is 0.885 bits per heavy atom. The third-order valence-corrected chi connectivity index (χ3v) is 3.85. The number of nitrogens with one attached hydrogen (secondary N) is 2. The summed E-state index contributed by atoms with van der Waals surface area (Å²) in [5.74, 6) is -0.336. The van der Waals surface area contributed by atoms with Gasteiger partial charge in [-0.1, -0.05) is 29.8 Å². The summed E-state index contributed by atoms with van der Waals surface area (Å²) in [6, 6.07) is 18.3. The molecule has 2 amide bonds. The molecular formula is C21H19N3O2. The van der Waals surface area contributed by atoms with Crippen molar-refractivity contribution in [3.8, 4) is 11.3 Å². The van der Waals surface area contributed by atoms with Crippen LogP contribution in [0.5, 0.6) is 0 Å². The second-order valence-electron chi connectivity index (χ2n) is 5.98. The lowest BCUT2D eigenvalue weighted by molar-refractivity contribution is -0.114. The van der Waals surface area contributed by atoms with E-state index in [1.54, 1.807) is 30.5 Å². The molecular weight excluding hydrogens is 326 g/mol. The first-order chi connectivity index (χ1) is 12.5. The molecule has 1 heterocycles. The smallest absolute Gasteiger partial charge is 0.255 e. The van der Waals surface area contributed by atoms with Crippen molar-refractivity contribution in [1.29, 1.82) is 0 Å². The van der Waals surface area contributed by atoms with Gasteiger partial charge in [-0.15, -0.1) is 0 Å². The van der Waals surface area contributed by atoms with Crippen LogP contribution in [-0.2, 0) is 4.79 Å². The first kappa shape index (κ1) is 17.4. The van der Waals surface area contributed by atoms with Gasteiger partial charge in [0, 0.05) is 29.9 Å². The van der Waals surface area contributed by atoms with E-state index in [4.69, 9.17) is 0 Å². The van der Waals surface area contributed by atoms with E-state index < -0.39 is 0 Å². The van der Waals surface area contributed by atoms with Crippen molar-refractivity contribution in [2.75, 3.05) is 10.6 Å². The Hall–Kier alpha value is -3.47. The summed E-state index contributed by atoms with van der Waals surface area (Å²) in [6.07, 6.45) is 1.67. The minimum absolute atomic E-state index is 0.159. The van der Waals surface area contributed by atoms with Crippen molar-refractivity contribution < 1.29 is 9.59 Å². The van der Waals surface area contributed by atoms with Crippen LogP contribution in [0.1, 0.15) is 22.8 Å². The van der Waals surface area contributed by atoms with Gasteiger partial charge in [-0.3, -0.25) is 14.6 Å². The molecule has 0 fully saturated rings. The molecule has 3 aromatic rings. The minimum atomic E-state index is -0.177. The molecule has 2 N–H and O–H groups in total. The van der Waals surface area contributed by atoms with E-state index in [2.05, 4.69) is 15.6 Å². The Labute approximate surface area is 152 Å². The summed E-state index contributed by atoms with van der Waals surface area (Å²) in [7, 11) is 0. The zero-order valence-corrected chi connectivity index (χ0v) is 14.6. The Morgan fingerprint density at radius 3 is 2.23 bits per heavy atom. The van der Waals surface area contributed by atoms with Crippen molar-refractivity contribution in [3.05, 3.63) is 78.0 Å². The van der Waals surface area contributed by atoms with Crippen molar-refractivity contribution in [2.45, 2.75) is 13.8 Å². The lowest BCUT2D eigenvalue weighted by Gasteiger charge is -2.10. The van der Waals surface area contributed by atoms with Gasteiger partial charge in [0.05, 0.1) is 11.4 Å². The van der Waals surface area contributed by atoms with Crippen LogP contribution in [0, 0.1) is 6.92 Å². The minimum Gasteiger partial charge on any atom is -0.324 e. The molecule has 5 nitrogen and oxygen atoms in total. The molecule has 3 rings (SSSR count). The van der Waals surface area contributed by atoms with Gasteiger partial charge >= 0.3 is 0 Å². The normalized spacial score (nSPS) is 10.2. The van der Waals surface area contributed by atoms with Crippen LogP contribution in [0.15, 0.2) is 66.9 Å². The van der Waals surface area contributed by atoms with E-state index in [-0.39, 0.29) is 11.8 Å². The number of carbonyl (C=O) groups is 2. The van der Waals surface area contributed by atoms with Gasteiger partial charge in [0.15, 0.2) is 0 Å². The fraction of sp³-hybridized carbons (Fsp3) is 0.0952. The molecule has 0 atom stereocenters. The third-order valence-electron chi connectivity index (χ3n) is 3.85. The highest BCUT2D eigenvalue weighted by atomic mass is 16.2. The maximum atomic E-state index is 12.4. The molecule has 2 aromatic carbocycles. The van der Waals surface area contributed by atoms with E-state index in [9.17, 15) is 9.59 Å². The second-order valence-corrected chi connectivity index (χ2v) is 5.98. The number of pyridine rings is 1. The highest BCUT2D eigenvalue weighted by Crippen LogP contribution is 2.25. The van der Waals surface area contributed by atoms with Crippen LogP contribution in [-0.4, -0.2) is 16.8 Å². The summed E-state index contributed by atoms with van der Waals surface area (Å²) in [5.41, 5.74) is 4.55. The number of nitrogens with zero attached hydrogens (tertiary/aromatic N) is 1. The Morgan fingerprint density at radius 2 is 1.58 bits per heavy atom. The van der Waals surface area contributed by atoms with E-state index in [0.717, 1.165) is 16.8 Å². The maximum absolute atomic E-state index is 12.4. The number of aryl methyl sites for hydroxylation is 1. The molecule has 1 aromatic heterocycles. The zero-order valence-electron chi connectivity index (χ0n) is 14.6. The quantitative estimate of drug-likeness (QED) is 0.742. The average Bonchev–Trinajstić information content (AvgIpc) is 2.64. The largest absolute Gasteiger partial charge is 0.324 e. The van der Waals surface area contributed by atoms with E-state index in [0.29, 0.717) is 16.9 Å². The Bertz CT molecular complexity index is 932. The molecule has 0 aliphatic rings. The van der Waals surface area contributed by atoms with Gasteiger partial charge in [-0.25, -0.2) is 0 Å². The van der Waals surface area contributed by atoms with Gasteiger partial charge in [-0.2, -0.15) is 0 Å². The predicted octanol–water partition coefficient (Wildman–Crippen LogP) is 4.27.